The number of rotatable bonds is 6. The number of aliphatic carboxylic acids is 1. The molecular formula is C21H20F3N5O4. The number of hydrogen-bond acceptors (Lipinski definition) is 7. The number of carbonyl (C=O) groups excluding carboxylic acids is 1. The van der Waals surface area contributed by atoms with Crippen molar-refractivity contribution in [1.82, 2.24) is 10.6 Å². The van der Waals surface area contributed by atoms with Crippen LogP contribution in [0.4, 0.5) is 18.9 Å². The van der Waals surface area contributed by atoms with Gasteiger partial charge in [-0.25, -0.2) is 4.79 Å². The molecular weight excluding hydrogens is 443 g/mol. The number of aliphatic imine (C=N–C) groups is 1. The van der Waals surface area contributed by atoms with Crippen molar-refractivity contribution in [2.45, 2.75) is 6.18 Å². The average Bonchev–Trinajstić information content (AvgIpc) is 3.30. The zero-order chi connectivity index (χ0) is 24.3. The van der Waals surface area contributed by atoms with Gasteiger partial charge in [0.15, 0.2) is 5.96 Å². The monoisotopic (exact) mass is 463 g/mol. The second kappa shape index (κ2) is 11.9. The molecule has 3 rings (SSSR count). The molecule has 0 fully saturated rings. The number of anilines is 1. The maximum absolute atomic E-state index is 12.1. The molecule has 4 N–H and O–H groups in total. The van der Waals surface area contributed by atoms with Gasteiger partial charge in [-0.15, -0.1) is 0 Å². The fourth-order valence-corrected chi connectivity index (χ4v) is 2.41. The molecule has 0 radical (unpaired) electrons. The van der Waals surface area contributed by atoms with E-state index in [4.69, 9.17) is 19.9 Å². The Morgan fingerprint density at radius 3 is 2.48 bits per heavy atom. The molecule has 0 bridgehead atoms. The summed E-state index contributed by atoms with van der Waals surface area (Å²) >= 11 is 0. The number of carboxylic acids is 1. The number of guanidine groups is 1. The molecule has 0 saturated carbocycles. The van der Waals surface area contributed by atoms with Crippen LogP contribution in [0.3, 0.4) is 0 Å². The third-order valence-electron chi connectivity index (χ3n) is 3.95. The lowest BCUT2D eigenvalue weighted by atomic mass is 10.2. The summed E-state index contributed by atoms with van der Waals surface area (Å²) in [5.74, 6) is -1.56. The number of halogens is 3. The second-order valence-corrected chi connectivity index (χ2v) is 6.41. The van der Waals surface area contributed by atoms with E-state index in [1.165, 1.54) is 0 Å². The Kier molecular flexibility index (Phi) is 9.05. The number of nitrogens with zero attached hydrogens (tertiary/aromatic N) is 2. The van der Waals surface area contributed by atoms with E-state index in [-0.39, 0.29) is 5.91 Å². The number of carboxylic acid groups (broad SMARTS) is 1. The second-order valence-electron chi connectivity index (χ2n) is 6.41. The van der Waals surface area contributed by atoms with Crippen LogP contribution in [0.5, 0.6) is 5.75 Å². The van der Waals surface area contributed by atoms with Crippen molar-refractivity contribution < 1.29 is 32.6 Å². The van der Waals surface area contributed by atoms with Crippen molar-refractivity contribution in [3.05, 3.63) is 59.7 Å². The minimum Gasteiger partial charge on any atom is -0.492 e. The van der Waals surface area contributed by atoms with Crippen LogP contribution in [0, 0.1) is 11.3 Å². The zero-order valence-corrected chi connectivity index (χ0v) is 17.1. The van der Waals surface area contributed by atoms with Crippen molar-refractivity contribution in [2.75, 3.05) is 31.6 Å². The number of benzene rings is 2. The molecule has 1 aliphatic rings. The summed E-state index contributed by atoms with van der Waals surface area (Å²) < 4.78 is 37.3. The Balaban J connectivity index is 0.000000479. The summed E-state index contributed by atoms with van der Waals surface area (Å²) in [6, 6.07) is 16.1. The first kappa shape index (κ1) is 25.0. The molecule has 174 valence electrons. The van der Waals surface area contributed by atoms with Crippen LogP contribution in [0.2, 0.25) is 0 Å². The number of alkyl halides is 3. The van der Waals surface area contributed by atoms with Crippen LogP contribution in [0.15, 0.2) is 53.5 Å². The van der Waals surface area contributed by atoms with Gasteiger partial charge in [0.1, 0.15) is 12.4 Å². The Bertz CT molecular complexity index is 1030. The summed E-state index contributed by atoms with van der Waals surface area (Å²) in [7, 11) is 0. The van der Waals surface area contributed by atoms with Gasteiger partial charge in [0, 0.05) is 17.8 Å². The normalized spacial score (nSPS) is 12.2. The number of nitrogens with one attached hydrogen (secondary N) is 3. The van der Waals surface area contributed by atoms with Gasteiger partial charge in [0.05, 0.1) is 24.7 Å². The maximum Gasteiger partial charge on any atom is 0.490 e. The van der Waals surface area contributed by atoms with Crippen molar-refractivity contribution in [2.24, 2.45) is 4.99 Å². The highest BCUT2D eigenvalue weighted by atomic mass is 19.4. The van der Waals surface area contributed by atoms with Gasteiger partial charge >= 0.3 is 12.1 Å². The summed E-state index contributed by atoms with van der Waals surface area (Å²) in [6.45, 7) is 2.31. The minimum absolute atomic E-state index is 0.165. The van der Waals surface area contributed by atoms with Crippen LogP contribution < -0.4 is 20.7 Å². The van der Waals surface area contributed by atoms with Gasteiger partial charge in [0.2, 0.25) is 0 Å². The molecule has 0 unspecified atom stereocenters. The SMILES string of the molecule is N#Cc1cccc(OCCNC(=O)c2ccc(NC3=NCCN3)cc2)c1.O=C(O)C(F)(F)F. The highest BCUT2D eigenvalue weighted by Gasteiger charge is 2.38. The predicted octanol–water partition coefficient (Wildman–Crippen LogP) is 2.37. The Morgan fingerprint density at radius 2 is 1.91 bits per heavy atom. The van der Waals surface area contributed by atoms with E-state index in [0.29, 0.717) is 30.0 Å². The third-order valence-corrected chi connectivity index (χ3v) is 3.95. The first-order chi connectivity index (χ1) is 15.7. The lowest BCUT2D eigenvalue weighted by Gasteiger charge is -2.09. The zero-order valence-electron chi connectivity index (χ0n) is 17.1. The van der Waals surface area contributed by atoms with Gasteiger partial charge in [-0.3, -0.25) is 9.79 Å². The molecule has 0 spiro atoms. The molecule has 0 aliphatic carbocycles. The first-order valence-electron chi connectivity index (χ1n) is 9.55. The predicted molar refractivity (Wildman–Crippen MR) is 113 cm³/mol. The fraction of sp³-hybridized carbons (Fsp3) is 0.238. The highest BCUT2D eigenvalue weighted by Crippen LogP contribution is 2.13. The Morgan fingerprint density at radius 1 is 1.21 bits per heavy atom. The van der Waals surface area contributed by atoms with Crippen molar-refractivity contribution in [3.63, 3.8) is 0 Å². The number of nitriles is 1. The molecule has 1 heterocycles. The summed E-state index contributed by atoms with van der Waals surface area (Å²) in [5.41, 5.74) is 1.98. The largest absolute Gasteiger partial charge is 0.492 e. The standard InChI is InChI=1S/C19H19N5O2.C2HF3O2/c20-13-14-2-1-3-17(12-14)26-11-10-21-18(25)15-4-6-16(7-5-15)24-19-22-8-9-23-19;3-2(4,5)1(6)7/h1-7,12H,8-11H2,(H,21,25)(H2,22,23,24);(H,6,7). The van der Waals surface area contributed by atoms with E-state index in [9.17, 15) is 18.0 Å². The molecule has 9 nitrogen and oxygen atoms in total. The lowest BCUT2D eigenvalue weighted by Crippen LogP contribution is -2.28. The topological polar surface area (TPSA) is 136 Å². The van der Waals surface area contributed by atoms with Crippen LogP contribution in [-0.4, -0.2) is 55.4 Å². The Hall–Kier alpha value is -4.27. The molecule has 2 aromatic rings. The molecule has 0 atom stereocenters. The number of amides is 1. The van der Waals surface area contributed by atoms with E-state index >= 15 is 0 Å². The molecule has 2 aromatic carbocycles. The molecule has 0 aromatic heterocycles. The average molecular weight is 463 g/mol. The summed E-state index contributed by atoms with van der Waals surface area (Å²) in [6.07, 6.45) is -5.08. The van der Waals surface area contributed by atoms with E-state index < -0.39 is 12.1 Å². The summed E-state index contributed by atoms with van der Waals surface area (Å²) in [4.78, 5) is 25.3. The van der Waals surface area contributed by atoms with Crippen molar-refractivity contribution in [3.8, 4) is 11.8 Å². The van der Waals surface area contributed by atoms with E-state index in [1.807, 2.05) is 12.1 Å². The van der Waals surface area contributed by atoms with Gasteiger partial charge in [0.25, 0.3) is 5.91 Å². The highest BCUT2D eigenvalue weighted by molar-refractivity contribution is 5.97. The maximum atomic E-state index is 12.1. The van der Waals surface area contributed by atoms with Crippen LogP contribution >= 0.6 is 0 Å². The molecule has 1 aliphatic heterocycles. The van der Waals surface area contributed by atoms with Gasteiger partial charge in [-0.05, 0) is 42.5 Å². The van der Waals surface area contributed by atoms with E-state index in [1.54, 1.807) is 36.4 Å². The quantitative estimate of drug-likeness (QED) is 0.483. The van der Waals surface area contributed by atoms with Gasteiger partial charge in [-0.2, -0.15) is 18.4 Å². The van der Waals surface area contributed by atoms with E-state index in [0.717, 1.165) is 24.7 Å². The van der Waals surface area contributed by atoms with E-state index in [2.05, 4.69) is 27.0 Å². The smallest absolute Gasteiger partial charge is 0.490 e. The minimum atomic E-state index is -5.08. The van der Waals surface area contributed by atoms with Crippen molar-refractivity contribution >= 4 is 23.5 Å². The third kappa shape index (κ3) is 8.78. The number of ether oxygens (including phenoxy) is 1. The first-order valence-corrected chi connectivity index (χ1v) is 9.55. The molecule has 1 amide bonds. The van der Waals surface area contributed by atoms with Gasteiger partial charge < -0.3 is 25.8 Å². The molecule has 0 saturated heterocycles. The Labute approximate surface area is 186 Å². The number of carbonyl (C=O) groups is 2. The molecule has 33 heavy (non-hydrogen) atoms. The lowest BCUT2D eigenvalue weighted by molar-refractivity contribution is -0.192. The van der Waals surface area contributed by atoms with Crippen LogP contribution in [0.25, 0.3) is 0 Å². The number of hydrogen-bond donors (Lipinski definition) is 4. The van der Waals surface area contributed by atoms with Gasteiger partial charge in [-0.1, -0.05) is 6.07 Å². The summed E-state index contributed by atoms with van der Waals surface area (Å²) in [5, 5.41) is 25.1. The van der Waals surface area contributed by atoms with Crippen LogP contribution in [-0.2, 0) is 4.79 Å². The van der Waals surface area contributed by atoms with Crippen LogP contribution in [0.1, 0.15) is 15.9 Å². The van der Waals surface area contributed by atoms with Crippen molar-refractivity contribution in [1.29, 1.82) is 5.26 Å². The fourth-order valence-electron chi connectivity index (χ4n) is 2.41. The molecule has 12 heteroatoms.